The highest BCUT2D eigenvalue weighted by Crippen LogP contribution is 2.49. The predicted molar refractivity (Wildman–Crippen MR) is 80.8 cm³/mol. The molecule has 0 unspecified atom stereocenters. The number of hydrogen-bond acceptors (Lipinski definition) is 3. The lowest BCUT2D eigenvalue weighted by Crippen LogP contribution is -2.38. The van der Waals surface area contributed by atoms with Crippen LogP contribution in [0.15, 0.2) is 0 Å². The van der Waals surface area contributed by atoms with E-state index in [9.17, 15) is 0 Å². The lowest BCUT2D eigenvalue weighted by atomic mass is 9.95. The van der Waals surface area contributed by atoms with Gasteiger partial charge in [-0.15, -0.1) is 0 Å². The fourth-order valence-corrected chi connectivity index (χ4v) is 3.57. The lowest BCUT2D eigenvalue weighted by molar-refractivity contribution is 0.162. The van der Waals surface area contributed by atoms with Gasteiger partial charge in [-0.3, -0.25) is 0 Å². The molecule has 1 saturated carbocycles. The Morgan fingerprint density at radius 1 is 1.39 bits per heavy atom. The van der Waals surface area contributed by atoms with Gasteiger partial charge < -0.3 is 15.5 Å². The van der Waals surface area contributed by atoms with Gasteiger partial charge in [0.15, 0.2) is 0 Å². The van der Waals surface area contributed by atoms with Crippen LogP contribution in [0.25, 0.3) is 0 Å². The number of hydrogen-bond donors (Lipinski definition) is 1. The van der Waals surface area contributed by atoms with Gasteiger partial charge in [-0.2, -0.15) is 0 Å². The third-order valence-electron chi connectivity index (χ3n) is 4.52. The number of piperidine rings is 1. The van der Waals surface area contributed by atoms with Crippen LogP contribution in [0, 0.1) is 11.3 Å². The van der Waals surface area contributed by atoms with Crippen molar-refractivity contribution in [2.75, 3.05) is 40.3 Å². The molecule has 0 aromatic heterocycles. The molecule has 2 fully saturated rings. The molecule has 2 rings (SSSR count). The molecule has 1 aliphatic heterocycles. The number of likely N-dealkylation sites (tertiary alicyclic amines) is 1. The van der Waals surface area contributed by atoms with Crippen molar-refractivity contribution in [3.05, 3.63) is 0 Å². The molecule has 1 aliphatic carbocycles. The van der Waals surface area contributed by atoms with E-state index >= 15 is 0 Å². The highest BCUT2D eigenvalue weighted by molar-refractivity contribution is 7.80. The van der Waals surface area contributed by atoms with Gasteiger partial charge in [0.1, 0.15) is 0 Å². The van der Waals surface area contributed by atoms with E-state index in [0.717, 1.165) is 12.3 Å². The van der Waals surface area contributed by atoms with Gasteiger partial charge in [-0.1, -0.05) is 12.2 Å². The summed E-state index contributed by atoms with van der Waals surface area (Å²) in [6.45, 7) is 4.94. The SMILES string of the molecule is CN1CCC(CN(C)CC2(CC(N)=S)CC2)CC1. The van der Waals surface area contributed by atoms with Crippen LogP contribution in [-0.2, 0) is 0 Å². The zero-order chi connectivity index (χ0) is 13.2. The molecule has 2 aliphatic rings. The minimum atomic E-state index is 0.437. The molecular weight excluding hydrogens is 242 g/mol. The van der Waals surface area contributed by atoms with Crippen molar-refractivity contribution in [3.8, 4) is 0 Å². The van der Waals surface area contributed by atoms with Gasteiger partial charge in [0, 0.05) is 19.5 Å². The maximum absolute atomic E-state index is 5.70. The summed E-state index contributed by atoms with van der Waals surface area (Å²) in [5.74, 6) is 0.881. The maximum Gasteiger partial charge on any atom is 0.0733 e. The Morgan fingerprint density at radius 3 is 2.50 bits per heavy atom. The molecule has 0 bridgehead atoms. The minimum Gasteiger partial charge on any atom is -0.393 e. The van der Waals surface area contributed by atoms with E-state index < -0.39 is 0 Å². The van der Waals surface area contributed by atoms with Gasteiger partial charge in [0.25, 0.3) is 0 Å². The Labute approximate surface area is 117 Å². The highest BCUT2D eigenvalue weighted by atomic mass is 32.1. The van der Waals surface area contributed by atoms with Crippen molar-refractivity contribution in [2.45, 2.75) is 32.1 Å². The highest BCUT2D eigenvalue weighted by Gasteiger charge is 2.43. The standard InChI is InChI=1S/C14H27N3S/c1-16-7-3-12(4-8-16)10-17(2)11-14(5-6-14)9-13(15)18/h12H,3-11H2,1-2H3,(H2,15,18). The first kappa shape index (κ1) is 14.2. The summed E-state index contributed by atoms with van der Waals surface area (Å²) in [6, 6.07) is 0. The van der Waals surface area contributed by atoms with Crippen molar-refractivity contribution in [2.24, 2.45) is 17.1 Å². The first-order valence-corrected chi connectivity index (χ1v) is 7.55. The van der Waals surface area contributed by atoms with Crippen LogP contribution in [0.4, 0.5) is 0 Å². The van der Waals surface area contributed by atoms with Gasteiger partial charge in [-0.05, 0) is 64.2 Å². The van der Waals surface area contributed by atoms with Gasteiger partial charge in [0.2, 0.25) is 0 Å². The third-order valence-corrected chi connectivity index (χ3v) is 4.66. The molecule has 0 aromatic carbocycles. The van der Waals surface area contributed by atoms with Crippen LogP contribution in [0.2, 0.25) is 0 Å². The number of nitrogens with two attached hydrogens (primary N) is 1. The van der Waals surface area contributed by atoms with Gasteiger partial charge >= 0.3 is 0 Å². The van der Waals surface area contributed by atoms with Crippen molar-refractivity contribution in [3.63, 3.8) is 0 Å². The average molecular weight is 269 g/mol. The van der Waals surface area contributed by atoms with Crippen LogP contribution in [0.3, 0.4) is 0 Å². The largest absolute Gasteiger partial charge is 0.393 e. The van der Waals surface area contributed by atoms with E-state index in [-0.39, 0.29) is 0 Å². The molecule has 3 nitrogen and oxygen atoms in total. The molecule has 0 atom stereocenters. The Bertz CT molecular complexity index is 293. The van der Waals surface area contributed by atoms with Crippen molar-refractivity contribution in [1.82, 2.24) is 9.80 Å². The molecule has 0 radical (unpaired) electrons. The fourth-order valence-electron chi connectivity index (χ4n) is 3.26. The summed E-state index contributed by atoms with van der Waals surface area (Å²) in [5, 5.41) is 0. The first-order valence-electron chi connectivity index (χ1n) is 7.14. The molecule has 2 N–H and O–H groups in total. The monoisotopic (exact) mass is 269 g/mol. The van der Waals surface area contributed by atoms with E-state index in [2.05, 4.69) is 23.9 Å². The predicted octanol–water partition coefficient (Wildman–Crippen LogP) is 1.72. The third kappa shape index (κ3) is 4.18. The summed E-state index contributed by atoms with van der Waals surface area (Å²) in [7, 11) is 4.49. The van der Waals surface area contributed by atoms with E-state index in [0.29, 0.717) is 10.4 Å². The zero-order valence-corrected chi connectivity index (χ0v) is 12.6. The molecule has 0 spiro atoms. The van der Waals surface area contributed by atoms with Crippen molar-refractivity contribution < 1.29 is 0 Å². The van der Waals surface area contributed by atoms with E-state index in [1.807, 2.05) is 0 Å². The summed E-state index contributed by atoms with van der Waals surface area (Å²) >= 11 is 5.06. The van der Waals surface area contributed by atoms with Crippen LogP contribution in [-0.4, -0.2) is 55.1 Å². The quantitative estimate of drug-likeness (QED) is 0.744. The van der Waals surface area contributed by atoms with Crippen molar-refractivity contribution >= 4 is 17.2 Å². The van der Waals surface area contributed by atoms with Gasteiger partial charge in [0.05, 0.1) is 4.99 Å². The number of thiocarbonyl (C=S) groups is 1. The second-order valence-electron chi connectivity index (χ2n) is 6.59. The average Bonchev–Trinajstić information content (AvgIpc) is 3.00. The van der Waals surface area contributed by atoms with E-state index in [1.54, 1.807) is 0 Å². The molecule has 0 amide bonds. The first-order chi connectivity index (χ1) is 8.49. The molecule has 1 saturated heterocycles. The summed E-state index contributed by atoms with van der Waals surface area (Å²) in [4.78, 5) is 5.65. The molecule has 1 heterocycles. The molecule has 18 heavy (non-hydrogen) atoms. The van der Waals surface area contributed by atoms with Crippen LogP contribution >= 0.6 is 12.2 Å². The van der Waals surface area contributed by atoms with Crippen molar-refractivity contribution in [1.29, 1.82) is 0 Å². The van der Waals surface area contributed by atoms with Gasteiger partial charge in [-0.25, -0.2) is 0 Å². The van der Waals surface area contributed by atoms with E-state index in [1.165, 1.54) is 51.9 Å². The molecular formula is C14H27N3S. The summed E-state index contributed by atoms with van der Waals surface area (Å²) in [5.41, 5.74) is 6.14. The number of rotatable bonds is 6. The second-order valence-corrected chi connectivity index (χ2v) is 7.11. The smallest absolute Gasteiger partial charge is 0.0733 e. The Morgan fingerprint density at radius 2 is 2.00 bits per heavy atom. The van der Waals surface area contributed by atoms with Crippen LogP contribution in [0.5, 0.6) is 0 Å². The lowest BCUT2D eigenvalue weighted by Gasteiger charge is -2.33. The Balaban J connectivity index is 1.72. The Hall–Kier alpha value is -0.190. The minimum absolute atomic E-state index is 0.437. The summed E-state index contributed by atoms with van der Waals surface area (Å²) in [6.07, 6.45) is 6.26. The maximum atomic E-state index is 5.70. The Kier molecular flexibility index (Phi) is 4.62. The van der Waals surface area contributed by atoms with Crippen LogP contribution in [0.1, 0.15) is 32.1 Å². The molecule has 104 valence electrons. The topological polar surface area (TPSA) is 32.5 Å². The second kappa shape index (κ2) is 5.85. The normalized spacial score (nSPS) is 24.4. The molecule has 0 aromatic rings. The summed E-state index contributed by atoms with van der Waals surface area (Å²) < 4.78 is 0. The van der Waals surface area contributed by atoms with Crippen LogP contribution < -0.4 is 5.73 Å². The zero-order valence-electron chi connectivity index (χ0n) is 11.8. The number of nitrogens with zero attached hydrogens (tertiary/aromatic N) is 2. The fraction of sp³-hybridized carbons (Fsp3) is 0.929. The van der Waals surface area contributed by atoms with E-state index in [4.69, 9.17) is 18.0 Å². The molecule has 4 heteroatoms.